The zero-order valence-electron chi connectivity index (χ0n) is 25.7. The fourth-order valence-corrected chi connectivity index (χ4v) is 4.40. The molecule has 10 heteroatoms. The summed E-state index contributed by atoms with van der Waals surface area (Å²) < 4.78 is 5.32. The van der Waals surface area contributed by atoms with Gasteiger partial charge in [-0.2, -0.15) is 0 Å². The Balaban J connectivity index is 1.61. The highest BCUT2D eigenvalue weighted by Gasteiger charge is 2.27. The molecule has 4 amide bonds. The van der Waals surface area contributed by atoms with Gasteiger partial charge in [-0.3, -0.25) is 19.2 Å². The SMILES string of the molecule is CC(=O)NCCc1ccc(NC(=O)[C@H](CC(C)(C)C)NC(=O)c2cccc(CNC(=O)c3ccc(OCCO)cc3)c2)cc1. The highest BCUT2D eigenvalue weighted by atomic mass is 16.5. The van der Waals surface area contributed by atoms with E-state index in [1.807, 2.05) is 39.0 Å². The number of hydrogen-bond donors (Lipinski definition) is 5. The van der Waals surface area contributed by atoms with Gasteiger partial charge in [-0.25, -0.2) is 0 Å². The molecule has 0 aromatic heterocycles. The highest BCUT2D eigenvalue weighted by Crippen LogP contribution is 2.22. The molecule has 3 aromatic rings. The molecule has 0 saturated carbocycles. The normalized spacial score (nSPS) is 11.7. The zero-order valence-corrected chi connectivity index (χ0v) is 25.7. The quantitative estimate of drug-likeness (QED) is 0.190. The van der Waals surface area contributed by atoms with Crippen LogP contribution in [0.1, 0.15) is 66.0 Å². The van der Waals surface area contributed by atoms with Crippen molar-refractivity contribution in [3.63, 3.8) is 0 Å². The summed E-state index contributed by atoms with van der Waals surface area (Å²) in [5.41, 5.74) is 2.94. The first kappa shape index (κ1) is 33.8. The molecule has 0 unspecified atom stereocenters. The molecular formula is C34H42N4O6. The number of aliphatic hydroxyl groups excluding tert-OH is 1. The molecule has 1 atom stereocenters. The van der Waals surface area contributed by atoms with Crippen LogP contribution in [0.3, 0.4) is 0 Å². The van der Waals surface area contributed by atoms with Crippen molar-refractivity contribution in [2.45, 2.75) is 53.1 Å². The van der Waals surface area contributed by atoms with Crippen molar-refractivity contribution < 1.29 is 29.0 Å². The minimum atomic E-state index is -0.783. The smallest absolute Gasteiger partial charge is 0.251 e. The number of anilines is 1. The van der Waals surface area contributed by atoms with E-state index in [1.54, 1.807) is 54.6 Å². The summed E-state index contributed by atoms with van der Waals surface area (Å²) in [5, 5.41) is 20.3. The second kappa shape index (κ2) is 16.2. The van der Waals surface area contributed by atoms with Gasteiger partial charge in [0.1, 0.15) is 18.4 Å². The number of rotatable bonds is 14. The zero-order chi connectivity index (χ0) is 32.1. The minimum Gasteiger partial charge on any atom is -0.491 e. The molecule has 0 heterocycles. The summed E-state index contributed by atoms with van der Waals surface area (Å²) in [7, 11) is 0. The Hall–Kier alpha value is -4.70. The minimum absolute atomic E-state index is 0.0799. The van der Waals surface area contributed by atoms with Crippen LogP contribution in [0, 0.1) is 5.41 Å². The van der Waals surface area contributed by atoms with Gasteiger partial charge in [-0.05, 0) is 77.9 Å². The summed E-state index contributed by atoms with van der Waals surface area (Å²) in [6, 6.07) is 20.1. The number of hydrogen-bond acceptors (Lipinski definition) is 6. The van der Waals surface area contributed by atoms with Crippen LogP contribution in [0.5, 0.6) is 5.75 Å². The van der Waals surface area contributed by atoms with Crippen molar-refractivity contribution >= 4 is 29.3 Å². The Morgan fingerprint density at radius 1 is 0.841 bits per heavy atom. The van der Waals surface area contributed by atoms with Crippen LogP contribution in [0.25, 0.3) is 0 Å². The maximum absolute atomic E-state index is 13.3. The molecule has 3 aromatic carbocycles. The lowest BCUT2D eigenvalue weighted by Crippen LogP contribution is -2.45. The van der Waals surface area contributed by atoms with E-state index in [-0.39, 0.29) is 42.9 Å². The number of ether oxygens (including phenoxy) is 1. The van der Waals surface area contributed by atoms with Gasteiger partial charge in [0.05, 0.1) is 6.61 Å². The lowest BCUT2D eigenvalue weighted by molar-refractivity contribution is -0.119. The number of aliphatic hydroxyl groups is 1. The van der Waals surface area contributed by atoms with E-state index in [2.05, 4.69) is 21.3 Å². The average molecular weight is 603 g/mol. The molecular weight excluding hydrogens is 560 g/mol. The monoisotopic (exact) mass is 602 g/mol. The fraction of sp³-hybridized carbons (Fsp3) is 0.353. The Labute approximate surface area is 258 Å². The molecule has 234 valence electrons. The third-order valence-corrected chi connectivity index (χ3v) is 6.57. The van der Waals surface area contributed by atoms with E-state index in [4.69, 9.17) is 9.84 Å². The number of nitrogens with one attached hydrogen (secondary N) is 4. The van der Waals surface area contributed by atoms with E-state index in [0.717, 1.165) is 11.1 Å². The summed E-state index contributed by atoms with van der Waals surface area (Å²) in [6.07, 6.45) is 1.09. The largest absolute Gasteiger partial charge is 0.491 e. The van der Waals surface area contributed by atoms with Crippen molar-refractivity contribution in [3.05, 3.63) is 95.1 Å². The first-order chi connectivity index (χ1) is 20.9. The first-order valence-electron chi connectivity index (χ1n) is 14.6. The van der Waals surface area contributed by atoms with Gasteiger partial charge < -0.3 is 31.1 Å². The van der Waals surface area contributed by atoms with Crippen LogP contribution in [0.15, 0.2) is 72.8 Å². The lowest BCUT2D eigenvalue weighted by atomic mass is 9.87. The number of carbonyl (C=O) groups excluding carboxylic acids is 4. The van der Waals surface area contributed by atoms with Crippen molar-refractivity contribution in [3.8, 4) is 5.75 Å². The van der Waals surface area contributed by atoms with Crippen LogP contribution < -0.4 is 26.0 Å². The van der Waals surface area contributed by atoms with E-state index >= 15 is 0 Å². The van der Waals surface area contributed by atoms with Crippen molar-refractivity contribution in [2.75, 3.05) is 25.1 Å². The van der Waals surface area contributed by atoms with Crippen LogP contribution in [0.2, 0.25) is 0 Å². The molecule has 0 radical (unpaired) electrons. The Kier molecular flexibility index (Phi) is 12.5. The molecule has 0 aliphatic rings. The maximum atomic E-state index is 13.3. The molecule has 0 spiro atoms. The molecule has 0 saturated heterocycles. The molecule has 0 aliphatic carbocycles. The molecule has 3 rings (SSSR count). The standard InChI is InChI=1S/C34H42N4O6/c1-23(40)35-17-16-24-8-12-28(13-9-24)37-33(43)30(21-34(2,3)4)38-32(42)27-7-5-6-25(20-27)22-36-31(41)26-10-14-29(15-11-26)44-19-18-39/h5-15,20,30,39H,16-19,21-22H2,1-4H3,(H,35,40)(H,36,41)(H,37,43)(H,38,42)/t30-/m0/s1. The number of amides is 4. The summed E-state index contributed by atoms with van der Waals surface area (Å²) >= 11 is 0. The van der Waals surface area contributed by atoms with Gasteiger partial charge in [-0.15, -0.1) is 0 Å². The predicted octanol–water partition coefficient (Wildman–Crippen LogP) is 3.84. The molecule has 44 heavy (non-hydrogen) atoms. The topological polar surface area (TPSA) is 146 Å². The van der Waals surface area contributed by atoms with Crippen LogP contribution in [-0.4, -0.2) is 54.5 Å². The van der Waals surface area contributed by atoms with Crippen molar-refractivity contribution in [1.29, 1.82) is 0 Å². The van der Waals surface area contributed by atoms with Gasteiger partial charge >= 0.3 is 0 Å². The maximum Gasteiger partial charge on any atom is 0.251 e. The molecule has 0 aliphatic heterocycles. The third-order valence-electron chi connectivity index (χ3n) is 6.57. The Morgan fingerprint density at radius 3 is 2.18 bits per heavy atom. The van der Waals surface area contributed by atoms with Crippen LogP contribution in [0.4, 0.5) is 5.69 Å². The summed E-state index contributed by atoms with van der Waals surface area (Å²) in [5.74, 6) is -0.522. The number of carbonyl (C=O) groups is 4. The highest BCUT2D eigenvalue weighted by molar-refractivity contribution is 6.01. The number of benzene rings is 3. The van der Waals surface area contributed by atoms with E-state index < -0.39 is 11.9 Å². The molecule has 0 bridgehead atoms. The molecule has 10 nitrogen and oxygen atoms in total. The second-order valence-corrected chi connectivity index (χ2v) is 11.7. The van der Waals surface area contributed by atoms with Crippen molar-refractivity contribution in [1.82, 2.24) is 16.0 Å². The van der Waals surface area contributed by atoms with Gasteiger partial charge in [0.25, 0.3) is 11.8 Å². The summed E-state index contributed by atoms with van der Waals surface area (Å²) in [4.78, 5) is 50.3. The molecule has 0 fully saturated rings. The second-order valence-electron chi connectivity index (χ2n) is 11.7. The van der Waals surface area contributed by atoms with Gasteiger partial charge in [0.2, 0.25) is 11.8 Å². The third kappa shape index (κ3) is 11.5. The van der Waals surface area contributed by atoms with E-state index in [9.17, 15) is 19.2 Å². The first-order valence-corrected chi connectivity index (χ1v) is 14.6. The van der Waals surface area contributed by atoms with Crippen LogP contribution >= 0.6 is 0 Å². The van der Waals surface area contributed by atoms with Crippen molar-refractivity contribution in [2.24, 2.45) is 5.41 Å². The van der Waals surface area contributed by atoms with Gasteiger partial charge in [0.15, 0.2) is 0 Å². The Morgan fingerprint density at radius 2 is 1.55 bits per heavy atom. The summed E-state index contributed by atoms with van der Waals surface area (Å²) in [6.45, 7) is 8.30. The van der Waals surface area contributed by atoms with Gasteiger partial charge in [0, 0.05) is 36.8 Å². The predicted molar refractivity (Wildman–Crippen MR) is 169 cm³/mol. The Bertz CT molecular complexity index is 1410. The van der Waals surface area contributed by atoms with Crippen LogP contribution in [-0.2, 0) is 22.6 Å². The molecule has 5 N–H and O–H groups in total. The van der Waals surface area contributed by atoms with Gasteiger partial charge in [-0.1, -0.05) is 45.0 Å². The van der Waals surface area contributed by atoms with E-state index in [1.165, 1.54) is 6.92 Å². The average Bonchev–Trinajstić information content (AvgIpc) is 2.99. The fourth-order valence-electron chi connectivity index (χ4n) is 4.40. The lowest BCUT2D eigenvalue weighted by Gasteiger charge is -2.26. The van der Waals surface area contributed by atoms with E-state index in [0.29, 0.717) is 42.0 Å².